The quantitative estimate of drug-likeness (QED) is 0.913. The number of halogens is 1. The standard InChI is InChI=1S/C13H22ClN3O/c1-8-12(14)9(17(4)16-8)7-15-10-6-11(18-5)13(10,2)3/h10-11,15H,6-7H2,1-5H3. The zero-order valence-electron chi connectivity index (χ0n) is 11.7. The van der Waals surface area contributed by atoms with Crippen molar-refractivity contribution < 1.29 is 4.74 Å². The van der Waals surface area contributed by atoms with Gasteiger partial charge in [0.25, 0.3) is 0 Å². The van der Waals surface area contributed by atoms with Crippen LogP contribution in [0, 0.1) is 12.3 Å². The number of aryl methyl sites for hydroxylation is 2. The van der Waals surface area contributed by atoms with E-state index in [1.807, 2.05) is 18.7 Å². The third-order valence-corrected chi connectivity index (χ3v) is 4.73. The molecule has 1 fully saturated rings. The maximum Gasteiger partial charge on any atom is 0.0860 e. The summed E-state index contributed by atoms with van der Waals surface area (Å²) in [5.41, 5.74) is 2.11. The van der Waals surface area contributed by atoms with E-state index in [9.17, 15) is 0 Å². The largest absolute Gasteiger partial charge is 0.381 e. The summed E-state index contributed by atoms with van der Waals surface area (Å²) < 4.78 is 7.30. The molecule has 102 valence electrons. The van der Waals surface area contributed by atoms with Crippen LogP contribution >= 0.6 is 11.6 Å². The fourth-order valence-electron chi connectivity index (χ4n) is 2.72. The Morgan fingerprint density at radius 1 is 1.56 bits per heavy atom. The molecule has 1 heterocycles. The molecule has 2 rings (SSSR count). The molecule has 1 aromatic heterocycles. The van der Waals surface area contributed by atoms with Crippen LogP contribution in [-0.2, 0) is 18.3 Å². The van der Waals surface area contributed by atoms with E-state index >= 15 is 0 Å². The number of nitrogens with one attached hydrogen (secondary N) is 1. The minimum Gasteiger partial charge on any atom is -0.381 e. The van der Waals surface area contributed by atoms with E-state index < -0.39 is 0 Å². The summed E-state index contributed by atoms with van der Waals surface area (Å²) in [5, 5.41) is 8.65. The normalized spacial score (nSPS) is 26.1. The first-order valence-electron chi connectivity index (χ1n) is 6.32. The first kappa shape index (κ1) is 13.8. The second-order valence-corrected chi connectivity index (χ2v) is 6.06. The van der Waals surface area contributed by atoms with Crippen molar-refractivity contribution in [1.29, 1.82) is 0 Å². The van der Waals surface area contributed by atoms with Gasteiger partial charge in [-0.25, -0.2) is 0 Å². The van der Waals surface area contributed by atoms with E-state index in [-0.39, 0.29) is 5.41 Å². The molecular formula is C13H22ClN3O. The van der Waals surface area contributed by atoms with Crippen LogP contribution < -0.4 is 5.32 Å². The number of nitrogens with zero attached hydrogens (tertiary/aromatic N) is 2. The molecule has 2 unspecified atom stereocenters. The molecule has 1 saturated carbocycles. The fraction of sp³-hybridized carbons (Fsp3) is 0.769. The molecule has 1 N–H and O–H groups in total. The maximum atomic E-state index is 6.24. The Kier molecular flexibility index (Phi) is 3.72. The predicted molar refractivity (Wildman–Crippen MR) is 72.8 cm³/mol. The topological polar surface area (TPSA) is 39.1 Å². The van der Waals surface area contributed by atoms with E-state index in [1.165, 1.54) is 0 Å². The van der Waals surface area contributed by atoms with Gasteiger partial charge in [-0.3, -0.25) is 4.68 Å². The number of hydrogen-bond acceptors (Lipinski definition) is 3. The molecule has 5 heteroatoms. The van der Waals surface area contributed by atoms with Gasteiger partial charge in [0.2, 0.25) is 0 Å². The van der Waals surface area contributed by atoms with Gasteiger partial charge in [-0.1, -0.05) is 25.4 Å². The molecule has 0 amide bonds. The summed E-state index contributed by atoms with van der Waals surface area (Å²) in [4.78, 5) is 0. The lowest BCUT2D eigenvalue weighted by Crippen LogP contribution is -2.60. The van der Waals surface area contributed by atoms with Crippen molar-refractivity contribution in [2.24, 2.45) is 12.5 Å². The Bertz CT molecular complexity index is 442. The molecule has 1 aliphatic carbocycles. The summed E-state index contributed by atoms with van der Waals surface area (Å²) in [6.45, 7) is 7.15. The van der Waals surface area contributed by atoms with Crippen LogP contribution in [0.5, 0.6) is 0 Å². The molecule has 4 nitrogen and oxygen atoms in total. The lowest BCUT2D eigenvalue weighted by molar-refractivity contribution is -0.0980. The minimum absolute atomic E-state index is 0.175. The lowest BCUT2D eigenvalue weighted by Gasteiger charge is -2.51. The van der Waals surface area contributed by atoms with Gasteiger partial charge in [0.15, 0.2) is 0 Å². The Labute approximate surface area is 114 Å². The number of aromatic nitrogens is 2. The van der Waals surface area contributed by atoms with Crippen molar-refractivity contribution >= 4 is 11.6 Å². The third-order valence-electron chi connectivity index (χ3n) is 4.24. The third kappa shape index (κ3) is 2.17. The Balaban J connectivity index is 1.97. The molecular weight excluding hydrogens is 250 g/mol. The van der Waals surface area contributed by atoms with Crippen LogP contribution in [-0.4, -0.2) is 29.0 Å². The first-order valence-corrected chi connectivity index (χ1v) is 6.69. The Morgan fingerprint density at radius 3 is 2.67 bits per heavy atom. The van der Waals surface area contributed by atoms with Crippen molar-refractivity contribution in [2.45, 2.75) is 45.9 Å². The van der Waals surface area contributed by atoms with Gasteiger partial charge in [0.05, 0.1) is 22.5 Å². The Morgan fingerprint density at radius 2 is 2.22 bits per heavy atom. The number of ether oxygens (including phenoxy) is 1. The maximum absolute atomic E-state index is 6.24. The van der Waals surface area contributed by atoms with Crippen molar-refractivity contribution in [3.8, 4) is 0 Å². The van der Waals surface area contributed by atoms with Crippen molar-refractivity contribution in [3.05, 3.63) is 16.4 Å². The molecule has 0 saturated heterocycles. The molecule has 0 aromatic carbocycles. The van der Waals surface area contributed by atoms with Gasteiger partial charge in [0, 0.05) is 32.2 Å². The molecule has 1 aromatic rings. The van der Waals surface area contributed by atoms with Crippen LogP contribution in [0.2, 0.25) is 5.02 Å². The van der Waals surface area contributed by atoms with Gasteiger partial charge in [-0.05, 0) is 13.3 Å². The number of methoxy groups -OCH3 is 1. The van der Waals surface area contributed by atoms with Crippen molar-refractivity contribution in [2.75, 3.05) is 7.11 Å². The molecule has 0 spiro atoms. The monoisotopic (exact) mass is 271 g/mol. The SMILES string of the molecule is COC1CC(NCc2c(Cl)c(C)nn2C)C1(C)C. The molecule has 1 aliphatic rings. The van der Waals surface area contributed by atoms with Crippen molar-refractivity contribution in [3.63, 3.8) is 0 Å². The summed E-state index contributed by atoms with van der Waals surface area (Å²) in [5.74, 6) is 0. The van der Waals surface area contributed by atoms with Gasteiger partial charge < -0.3 is 10.1 Å². The fourth-order valence-corrected chi connectivity index (χ4v) is 2.95. The molecule has 0 radical (unpaired) electrons. The summed E-state index contributed by atoms with van der Waals surface area (Å²) in [7, 11) is 3.71. The second kappa shape index (κ2) is 4.83. The van der Waals surface area contributed by atoms with Gasteiger partial charge >= 0.3 is 0 Å². The van der Waals surface area contributed by atoms with Gasteiger partial charge in [-0.2, -0.15) is 5.10 Å². The summed E-state index contributed by atoms with van der Waals surface area (Å²) >= 11 is 6.24. The lowest BCUT2D eigenvalue weighted by atomic mass is 9.64. The van der Waals surface area contributed by atoms with E-state index in [1.54, 1.807) is 7.11 Å². The first-order chi connectivity index (χ1) is 8.37. The minimum atomic E-state index is 0.175. The van der Waals surface area contributed by atoms with E-state index in [0.29, 0.717) is 12.1 Å². The highest BCUT2D eigenvalue weighted by molar-refractivity contribution is 6.31. The number of hydrogen-bond donors (Lipinski definition) is 1. The molecule has 0 bridgehead atoms. The molecule has 0 aliphatic heterocycles. The highest BCUT2D eigenvalue weighted by Gasteiger charge is 2.48. The van der Waals surface area contributed by atoms with Crippen LogP contribution in [0.3, 0.4) is 0 Å². The van der Waals surface area contributed by atoms with E-state index in [4.69, 9.17) is 16.3 Å². The predicted octanol–water partition coefficient (Wildman–Crippen LogP) is 2.29. The van der Waals surface area contributed by atoms with Crippen LogP contribution in [0.15, 0.2) is 0 Å². The van der Waals surface area contributed by atoms with Crippen molar-refractivity contribution in [1.82, 2.24) is 15.1 Å². The molecule has 18 heavy (non-hydrogen) atoms. The highest BCUT2D eigenvalue weighted by Crippen LogP contribution is 2.42. The Hall–Kier alpha value is -0.580. The van der Waals surface area contributed by atoms with Gasteiger partial charge in [0.1, 0.15) is 0 Å². The van der Waals surface area contributed by atoms with E-state index in [0.717, 1.165) is 29.4 Å². The second-order valence-electron chi connectivity index (χ2n) is 5.68. The van der Waals surface area contributed by atoms with Crippen LogP contribution in [0.4, 0.5) is 0 Å². The van der Waals surface area contributed by atoms with E-state index in [2.05, 4.69) is 24.3 Å². The molecule has 2 atom stereocenters. The van der Waals surface area contributed by atoms with Crippen LogP contribution in [0.1, 0.15) is 31.7 Å². The highest BCUT2D eigenvalue weighted by atomic mass is 35.5. The smallest absolute Gasteiger partial charge is 0.0860 e. The average molecular weight is 272 g/mol. The zero-order valence-corrected chi connectivity index (χ0v) is 12.5. The van der Waals surface area contributed by atoms with Gasteiger partial charge in [-0.15, -0.1) is 0 Å². The summed E-state index contributed by atoms with van der Waals surface area (Å²) in [6, 6.07) is 0.466. The zero-order chi connectivity index (χ0) is 13.5. The number of rotatable bonds is 4. The summed E-state index contributed by atoms with van der Waals surface area (Å²) in [6.07, 6.45) is 1.40. The average Bonchev–Trinajstić information content (AvgIpc) is 2.54. The van der Waals surface area contributed by atoms with Crippen LogP contribution in [0.25, 0.3) is 0 Å².